The summed E-state index contributed by atoms with van der Waals surface area (Å²) in [6, 6.07) is 23.7. The van der Waals surface area contributed by atoms with Crippen molar-refractivity contribution in [1.29, 1.82) is 0 Å². The third-order valence-electron chi connectivity index (χ3n) is 5.11. The van der Waals surface area contributed by atoms with E-state index in [4.69, 9.17) is 4.74 Å². The van der Waals surface area contributed by atoms with Crippen molar-refractivity contribution in [1.82, 2.24) is 14.6 Å². The van der Waals surface area contributed by atoms with Crippen molar-refractivity contribution in [3.8, 4) is 11.6 Å². The maximum atomic E-state index is 13.0. The Balaban J connectivity index is 1.29. The summed E-state index contributed by atoms with van der Waals surface area (Å²) >= 11 is 0. The molecule has 0 aliphatic rings. The topological polar surface area (TPSA) is 80.5 Å². The third kappa shape index (κ3) is 5.27. The molecule has 0 aliphatic carbocycles. The molecular formula is C26H18F3N5O2. The van der Waals surface area contributed by atoms with Crippen molar-refractivity contribution in [3.05, 3.63) is 108 Å². The summed E-state index contributed by atoms with van der Waals surface area (Å²) in [6.07, 6.45) is -2.81. The van der Waals surface area contributed by atoms with Crippen molar-refractivity contribution >= 4 is 28.7 Å². The fourth-order valence-corrected chi connectivity index (χ4v) is 3.45. The molecule has 3 aromatic carbocycles. The van der Waals surface area contributed by atoms with Gasteiger partial charge in [-0.3, -0.25) is 4.79 Å². The van der Waals surface area contributed by atoms with Crippen LogP contribution in [0, 0.1) is 0 Å². The molecule has 0 unspecified atom stereocenters. The molecule has 10 heteroatoms. The van der Waals surface area contributed by atoms with E-state index in [1.807, 2.05) is 30.3 Å². The van der Waals surface area contributed by atoms with Gasteiger partial charge >= 0.3 is 6.18 Å². The number of rotatable bonds is 6. The normalized spacial score (nSPS) is 11.3. The van der Waals surface area contributed by atoms with Crippen LogP contribution in [0.25, 0.3) is 5.65 Å². The number of hydrogen-bond donors (Lipinski definition) is 2. The predicted molar refractivity (Wildman–Crippen MR) is 129 cm³/mol. The molecule has 5 aromatic rings. The van der Waals surface area contributed by atoms with Gasteiger partial charge in [-0.05, 0) is 48.5 Å². The number of carbonyl (C=O) groups excluding carboxylic acids is 1. The number of hydrogen-bond acceptors (Lipinski definition) is 5. The second kappa shape index (κ2) is 9.41. The van der Waals surface area contributed by atoms with Gasteiger partial charge < -0.3 is 15.4 Å². The zero-order chi connectivity index (χ0) is 25.1. The molecule has 36 heavy (non-hydrogen) atoms. The Labute approximate surface area is 203 Å². The Morgan fingerprint density at radius 2 is 1.64 bits per heavy atom. The minimum atomic E-state index is -4.54. The SMILES string of the molecule is O=C(Nc1cccc(Oc2ccc3nc(Nc4ccccc4)cn3n2)c1)c1cccc(C(F)(F)F)c1. The first-order valence-electron chi connectivity index (χ1n) is 10.8. The van der Waals surface area contributed by atoms with Gasteiger partial charge in [0.25, 0.3) is 5.91 Å². The minimum Gasteiger partial charge on any atom is -0.438 e. The fraction of sp³-hybridized carbons (Fsp3) is 0.0385. The molecule has 2 aromatic heterocycles. The molecule has 5 rings (SSSR count). The highest BCUT2D eigenvalue weighted by molar-refractivity contribution is 6.04. The average Bonchev–Trinajstić information content (AvgIpc) is 3.26. The lowest BCUT2D eigenvalue weighted by Crippen LogP contribution is -2.13. The van der Waals surface area contributed by atoms with Crippen LogP contribution < -0.4 is 15.4 Å². The summed E-state index contributed by atoms with van der Waals surface area (Å²) in [6.45, 7) is 0. The molecule has 0 saturated carbocycles. The largest absolute Gasteiger partial charge is 0.438 e. The van der Waals surface area contributed by atoms with Gasteiger partial charge in [-0.1, -0.05) is 30.3 Å². The molecule has 0 radical (unpaired) electrons. The average molecular weight is 489 g/mol. The zero-order valence-corrected chi connectivity index (χ0v) is 18.5. The van der Waals surface area contributed by atoms with Gasteiger partial charge in [0.15, 0.2) is 11.5 Å². The number of alkyl halides is 3. The number of anilines is 3. The Morgan fingerprint density at radius 1 is 0.861 bits per heavy atom. The molecule has 2 N–H and O–H groups in total. The van der Waals surface area contributed by atoms with Crippen molar-refractivity contribution in [2.75, 3.05) is 10.6 Å². The molecule has 1 amide bonds. The number of aromatic nitrogens is 3. The molecule has 0 saturated heterocycles. The maximum absolute atomic E-state index is 13.0. The number of nitrogens with zero attached hydrogens (tertiary/aromatic N) is 3. The van der Waals surface area contributed by atoms with E-state index in [2.05, 4.69) is 20.7 Å². The van der Waals surface area contributed by atoms with E-state index in [9.17, 15) is 18.0 Å². The van der Waals surface area contributed by atoms with E-state index in [1.165, 1.54) is 12.1 Å². The van der Waals surface area contributed by atoms with Crippen molar-refractivity contribution in [3.63, 3.8) is 0 Å². The third-order valence-corrected chi connectivity index (χ3v) is 5.11. The van der Waals surface area contributed by atoms with E-state index in [1.54, 1.807) is 47.1 Å². The summed E-state index contributed by atoms with van der Waals surface area (Å²) in [7, 11) is 0. The molecule has 180 valence electrons. The Hall–Kier alpha value is -4.86. The maximum Gasteiger partial charge on any atom is 0.416 e. The molecule has 0 aliphatic heterocycles. The van der Waals surface area contributed by atoms with Crippen LogP contribution in [0.2, 0.25) is 0 Å². The predicted octanol–water partition coefficient (Wildman–Crippen LogP) is 6.54. The van der Waals surface area contributed by atoms with Crippen LogP contribution in [0.4, 0.5) is 30.4 Å². The van der Waals surface area contributed by atoms with Crippen LogP contribution in [-0.2, 0) is 6.18 Å². The van der Waals surface area contributed by atoms with Crippen LogP contribution in [0.15, 0.2) is 97.2 Å². The standard InChI is InChI=1S/C26H18F3N5O2/c27-26(28,29)18-7-4-6-17(14-18)25(35)31-20-10-5-11-21(15-20)36-24-13-12-23-32-22(16-34(23)33-24)30-19-8-2-1-3-9-19/h1-16,30H,(H,31,35). The zero-order valence-electron chi connectivity index (χ0n) is 18.5. The molecule has 2 heterocycles. The lowest BCUT2D eigenvalue weighted by molar-refractivity contribution is -0.137. The van der Waals surface area contributed by atoms with Crippen LogP contribution in [0.5, 0.6) is 11.6 Å². The van der Waals surface area contributed by atoms with E-state index >= 15 is 0 Å². The summed E-state index contributed by atoms with van der Waals surface area (Å²) in [5, 5.41) is 10.2. The highest BCUT2D eigenvalue weighted by Crippen LogP contribution is 2.30. The summed E-state index contributed by atoms with van der Waals surface area (Å²) < 4.78 is 46.3. The second-order valence-electron chi connectivity index (χ2n) is 7.75. The van der Waals surface area contributed by atoms with E-state index < -0.39 is 17.6 Å². The molecule has 0 fully saturated rings. The Morgan fingerprint density at radius 3 is 2.44 bits per heavy atom. The van der Waals surface area contributed by atoms with Crippen LogP contribution in [0.1, 0.15) is 15.9 Å². The highest BCUT2D eigenvalue weighted by Gasteiger charge is 2.30. The minimum absolute atomic E-state index is 0.108. The molecule has 0 atom stereocenters. The number of fused-ring (bicyclic) bond motifs is 1. The van der Waals surface area contributed by atoms with Crippen LogP contribution in [-0.4, -0.2) is 20.5 Å². The van der Waals surface area contributed by atoms with Gasteiger partial charge in [0, 0.05) is 29.1 Å². The number of amides is 1. The number of nitrogens with one attached hydrogen (secondary N) is 2. The number of ether oxygens (including phenoxy) is 1. The molecule has 0 bridgehead atoms. The Kier molecular flexibility index (Phi) is 5.99. The summed E-state index contributed by atoms with van der Waals surface area (Å²) in [5.74, 6) is 0.610. The van der Waals surface area contributed by atoms with Crippen molar-refractivity contribution in [2.24, 2.45) is 0 Å². The number of benzene rings is 3. The summed E-state index contributed by atoms with van der Waals surface area (Å²) in [4.78, 5) is 17.0. The van der Waals surface area contributed by atoms with Gasteiger partial charge in [0.2, 0.25) is 5.88 Å². The number of para-hydroxylation sites is 1. The molecule has 0 spiro atoms. The number of halogens is 3. The lowest BCUT2D eigenvalue weighted by Gasteiger charge is -2.10. The highest BCUT2D eigenvalue weighted by atomic mass is 19.4. The monoisotopic (exact) mass is 489 g/mol. The van der Waals surface area contributed by atoms with Gasteiger partial charge in [-0.2, -0.15) is 13.2 Å². The first-order valence-corrected chi connectivity index (χ1v) is 10.8. The van der Waals surface area contributed by atoms with Crippen LogP contribution in [0.3, 0.4) is 0 Å². The smallest absolute Gasteiger partial charge is 0.416 e. The molecular weight excluding hydrogens is 471 g/mol. The first-order chi connectivity index (χ1) is 17.3. The first kappa shape index (κ1) is 22.9. The van der Waals surface area contributed by atoms with Gasteiger partial charge in [-0.25, -0.2) is 9.50 Å². The van der Waals surface area contributed by atoms with Crippen LogP contribution >= 0.6 is 0 Å². The van der Waals surface area contributed by atoms with E-state index in [-0.39, 0.29) is 11.4 Å². The Bertz CT molecular complexity index is 1530. The van der Waals surface area contributed by atoms with Crippen molar-refractivity contribution in [2.45, 2.75) is 6.18 Å². The number of imidazole rings is 1. The van der Waals surface area contributed by atoms with E-state index in [0.717, 1.165) is 17.8 Å². The lowest BCUT2D eigenvalue weighted by atomic mass is 10.1. The number of carbonyl (C=O) groups is 1. The van der Waals surface area contributed by atoms with Gasteiger partial charge in [0.1, 0.15) is 5.75 Å². The summed E-state index contributed by atoms with van der Waals surface area (Å²) in [5.41, 5.74) is 0.857. The second-order valence-corrected chi connectivity index (χ2v) is 7.75. The van der Waals surface area contributed by atoms with Crippen molar-refractivity contribution < 1.29 is 22.7 Å². The van der Waals surface area contributed by atoms with Gasteiger partial charge in [0.05, 0.1) is 11.8 Å². The van der Waals surface area contributed by atoms with E-state index in [0.29, 0.717) is 22.9 Å². The van der Waals surface area contributed by atoms with Gasteiger partial charge in [-0.15, -0.1) is 5.10 Å². The molecule has 7 nitrogen and oxygen atoms in total. The quantitative estimate of drug-likeness (QED) is 0.283. The fourth-order valence-electron chi connectivity index (χ4n) is 3.45.